The van der Waals surface area contributed by atoms with Crippen molar-refractivity contribution in [2.75, 3.05) is 20.1 Å². The summed E-state index contributed by atoms with van der Waals surface area (Å²) in [6, 6.07) is 9.01. The molecule has 0 bridgehead atoms. The molecule has 0 saturated carbocycles. The van der Waals surface area contributed by atoms with Gasteiger partial charge in [-0.15, -0.1) is 0 Å². The fraction of sp³-hybridized carbons (Fsp3) is 0.400. The van der Waals surface area contributed by atoms with Crippen molar-refractivity contribution in [2.24, 2.45) is 0 Å². The summed E-state index contributed by atoms with van der Waals surface area (Å²) in [6.45, 7) is 4.93. The molecule has 0 N–H and O–H groups in total. The predicted molar refractivity (Wildman–Crippen MR) is 90.4 cm³/mol. The zero-order valence-corrected chi connectivity index (χ0v) is 14.1. The van der Waals surface area contributed by atoms with E-state index in [0.717, 1.165) is 42.5 Å². The molecule has 0 fully saturated rings. The quantitative estimate of drug-likeness (QED) is 0.737. The number of rotatable bonds is 0. The SMILES string of the molecule is C[C@H]1c2ccc3c(c2CN2CCc4cc5c(cc4[C@H]12)OCO5)OCO3. The first-order valence-electron chi connectivity index (χ1n) is 8.87. The smallest absolute Gasteiger partial charge is 0.231 e. The summed E-state index contributed by atoms with van der Waals surface area (Å²) in [4.78, 5) is 2.57. The Kier molecular flexibility index (Phi) is 2.67. The van der Waals surface area contributed by atoms with E-state index in [-0.39, 0.29) is 0 Å². The van der Waals surface area contributed by atoms with Crippen LogP contribution in [-0.4, -0.2) is 25.0 Å². The van der Waals surface area contributed by atoms with Crippen LogP contribution < -0.4 is 18.9 Å². The highest BCUT2D eigenvalue weighted by Gasteiger charge is 2.40. The van der Waals surface area contributed by atoms with Crippen molar-refractivity contribution in [1.82, 2.24) is 4.90 Å². The number of hydrogen-bond acceptors (Lipinski definition) is 5. The van der Waals surface area contributed by atoms with Crippen molar-refractivity contribution in [2.45, 2.75) is 31.8 Å². The Morgan fingerprint density at radius 3 is 2.64 bits per heavy atom. The van der Waals surface area contributed by atoms with Crippen LogP contribution in [0.25, 0.3) is 0 Å². The van der Waals surface area contributed by atoms with Crippen LogP contribution in [-0.2, 0) is 13.0 Å². The van der Waals surface area contributed by atoms with Gasteiger partial charge >= 0.3 is 0 Å². The van der Waals surface area contributed by atoms with E-state index in [1.807, 2.05) is 0 Å². The van der Waals surface area contributed by atoms with Crippen molar-refractivity contribution >= 4 is 0 Å². The van der Waals surface area contributed by atoms with E-state index >= 15 is 0 Å². The normalized spacial score (nSPS) is 25.3. The van der Waals surface area contributed by atoms with Crippen LogP contribution in [0.4, 0.5) is 0 Å². The Bertz CT molecular complexity index is 894. The van der Waals surface area contributed by atoms with Gasteiger partial charge < -0.3 is 18.9 Å². The lowest BCUT2D eigenvalue weighted by Crippen LogP contribution is -2.41. The average molecular weight is 337 g/mol. The van der Waals surface area contributed by atoms with Gasteiger partial charge in [0.05, 0.1) is 0 Å². The summed E-state index contributed by atoms with van der Waals surface area (Å²) in [5.74, 6) is 3.98. The van der Waals surface area contributed by atoms with Gasteiger partial charge in [-0.05, 0) is 41.3 Å². The highest BCUT2D eigenvalue weighted by Crippen LogP contribution is 2.52. The van der Waals surface area contributed by atoms with Crippen molar-refractivity contribution in [3.63, 3.8) is 0 Å². The second kappa shape index (κ2) is 4.82. The third-order valence-electron chi connectivity index (χ3n) is 6.02. The standard InChI is InChI=1S/C20H19NO4/c1-11-13-2-3-16-20(25-10-22-16)15(13)8-21-5-4-12-6-17-18(24-9-23-17)7-14(12)19(11)21/h2-3,6-7,11,19H,4-5,8-10H2,1H3/t11-,19-/m0/s1. The molecule has 128 valence electrons. The highest BCUT2D eigenvalue weighted by atomic mass is 16.7. The molecule has 2 atom stereocenters. The number of ether oxygens (including phenoxy) is 4. The lowest BCUT2D eigenvalue weighted by Gasteiger charge is -2.45. The molecule has 0 aliphatic carbocycles. The highest BCUT2D eigenvalue weighted by molar-refractivity contribution is 5.57. The maximum Gasteiger partial charge on any atom is 0.231 e. The lowest BCUT2D eigenvalue weighted by atomic mass is 9.77. The zero-order valence-electron chi connectivity index (χ0n) is 14.1. The molecule has 2 aromatic rings. The van der Waals surface area contributed by atoms with Gasteiger partial charge in [0.1, 0.15) is 0 Å². The fourth-order valence-corrected chi connectivity index (χ4v) is 4.86. The summed E-state index contributed by atoms with van der Waals surface area (Å²) in [7, 11) is 0. The van der Waals surface area contributed by atoms with Gasteiger partial charge in [0.2, 0.25) is 13.6 Å². The van der Waals surface area contributed by atoms with Crippen LogP contribution >= 0.6 is 0 Å². The lowest BCUT2D eigenvalue weighted by molar-refractivity contribution is 0.134. The largest absolute Gasteiger partial charge is 0.454 e. The molecule has 0 unspecified atom stereocenters. The zero-order chi connectivity index (χ0) is 16.5. The Hall–Kier alpha value is -2.40. The van der Waals surface area contributed by atoms with Gasteiger partial charge in [-0.2, -0.15) is 0 Å². The topological polar surface area (TPSA) is 40.2 Å². The number of nitrogens with zero attached hydrogens (tertiary/aromatic N) is 1. The van der Waals surface area contributed by atoms with E-state index in [9.17, 15) is 0 Å². The van der Waals surface area contributed by atoms with Gasteiger partial charge in [0.15, 0.2) is 23.0 Å². The number of fused-ring (bicyclic) bond motifs is 7. The van der Waals surface area contributed by atoms with E-state index in [1.165, 1.54) is 22.3 Å². The van der Waals surface area contributed by atoms with Crippen molar-refractivity contribution in [3.8, 4) is 23.0 Å². The van der Waals surface area contributed by atoms with Crippen LogP contribution in [0.1, 0.15) is 41.1 Å². The van der Waals surface area contributed by atoms with Crippen molar-refractivity contribution in [3.05, 3.63) is 46.5 Å². The number of benzene rings is 2. The molecule has 4 heterocycles. The van der Waals surface area contributed by atoms with Gasteiger partial charge in [-0.1, -0.05) is 13.0 Å². The molecule has 5 heteroatoms. The molecule has 6 rings (SSSR count). The molecule has 0 aromatic heterocycles. The second-order valence-corrected chi connectivity index (χ2v) is 7.23. The van der Waals surface area contributed by atoms with E-state index in [4.69, 9.17) is 18.9 Å². The molecule has 0 spiro atoms. The summed E-state index contributed by atoms with van der Waals surface area (Å²) in [5, 5.41) is 0. The van der Waals surface area contributed by atoms with E-state index in [2.05, 4.69) is 36.1 Å². The summed E-state index contributed by atoms with van der Waals surface area (Å²) in [5.41, 5.74) is 5.44. The average Bonchev–Trinajstić information content (AvgIpc) is 3.28. The molecule has 2 aromatic carbocycles. The fourth-order valence-electron chi connectivity index (χ4n) is 4.86. The number of hydrogen-bond donors (Lipinski definition) is 0. The van der Waals surface area contributed by atoms with Crippen LogP contribution in [0.2, 0.25) is 0 Å². The minimum atomic E-state index is 0.328. The Balaban J connectivity index is 1.49. The summed E-state index contributed by atoms with van der Waals surface area (Å²) >= 11 is 0. The van der Waals surface area contributed by atoms with Crippen LogP contribution in [0, 0.1) is 0 Å². The first-order chi connectivity index (χ1) is 12.3. The maximum atomic E-state index is 5.77. The molecule has 0 saturated heterocycles. The third kappa shape index (κ3) is 1.82. The van der Waals surface area contributed by atoms with Gasteiger partial charge in [0.25, 0.3) is 0 Å². The van der Waals surface area contributed by atoms with Crippen LogP contribution in [0.5, 0.6) is 23.0 Å². The van der Waals surface area contributed by atoms with Gasteiger partial charge in [0, 0.05) is 30.6 Å². The van der Waals surface area contributed by atoms with E-state index in [1.54, 1.807) is 0 Å². The van der Waals surface area contributed by atoms with Crippen molar-refractivity contribution < 1.29 is 18.9 Å². The molecule has 25 heavy (non-hydrogen) atoms. The Morgan fingerprint density at radius 1 is 0.920 bits per heavy atom. The first kappa shape index (κ1) is 13.8. The molecule has 5 nitrogen and oxygen atoms in total. The summed E-state index contributed by atoms with van der Waals surface area (Å²) < 4.78 is 22.5. The maximum absolute atomic E-state index is 5.77. The molecule has 4 aliphatic rings. The molecule has 4 aliphatic heterocycles. The van der Waals surface area contributed by atoms with Crippen molar-refractivity contribution in [1.29, 1.82) is 0 Å². The van der Waals surface area contributed by atoms with Crippen LogP contribution in [0.15, 0.2) is 24.3 Å². The second-order valence-electron chi connectivity index (χ2n) is 7.23. The monoisotopic (exact) mass is 337 g/mol. The van der Waals surface area contributed by atoms with Gasteiger partial charge in [-0.3, -0.25) is 4.90 Å². The molecular weight excluding hydrogens is 318 g/mol. The Morgan fingerprint density at radius 2 is 1.72 bits per heavy atom. The third-order valence-corrected chi connectivity index (χ3v) is 6.02. The molecular formula is C20H19NO4. The van der Waals surface area contributed by atoms with Crippen LogP contribution in [0.3, 0.4) is 0 Å². The van der Waals surface area contributed by atoms with E-state index in [0.29, 0.717) is 25.5 Å². The predicted octanol–water partition coefficient (Wildman–Crippen LogP) is 3.36. The minimum absolute atomic E-state index is 0.328. The molecule has 0 radical (unpaired) electrons. The van der Waals surface area contributed by atoms with E-state index < -0.39 is 0 Å². The van der Waals surface area contributed by atoms with Gasteiger partial charge in [-0.25, -0.2) is 0 Å². The minimum Gasteiger partial charge on any atom is -0.454 e. The first-order valence-corrected chi connectivity index (χ1v) is 8.87. The molecule has 0 amide bonds. The Labute approximate surface area is 146 Å². The summed E-state index contributed by atoms with van der Waals surface area (Å²) in [6.07, 6.45) is 1.04.